The molecule has 0 amide bonds. The van der Waals surface area contributed by atoms with E-state index in [2.05, 4.69) is 21.2 Å². The number of anilines is 1. The number of hydrogen-bond donors (Lipinski definition) is 1. The van der Waals surface area contributed by atoms with Crippen LogP contribution in [0.15, 0.2) is 40.9 Å². The fraction of sp³-hybridized carbons (Fsp3) is 0.0769. The van der Waals surface area contributed by atoms with Gasteiger partial charge in [-0.05, 0) is 57.9 Å². The molecule has 18 heavy (non-hydrogen) atoms. The van der Waals surface area contributed by atoms with Crippen LogP contribution >= 0.6 is 27.5 Å². The van der Waals surface area contributed by atoms with Crippen molar-refractivity contribution in [1.29, 1.82) is 0 Å². The van der Waals surface area contributed by atoms with E-state index in [0.717, 1.165) is 11.3 Å². The van der Waals surface area contributed by atoms with Gasteiger partial charge in [0, 0.05) is 17.3 Å². The Hall–Kier alpha value is -1.13. The lowest BCUT2D eigenvalue weighted by Crippen LogP contribution is -2.00. The largest absolute Gasteiger partial charge is 0.381 e. The van der Waals surface area contributed by atoms with Crippen LogP contribution < -0.4 is 5.32 Å². The van der Waals surface area contributed by atoms with E-state index < -0.39 is 0 Å². The van der Waals surface area contributed by atoms with Gasteiger partial charge < -0.3 is 5.32 Å². The van der Waals surface area contributed by atoms with E-state index in [-0.39, 0.29) is 11.6 Å². The fourth-order valence-corrected chi connectivity index (χ4v) is 2.15. The van der Waals surface area contributed by atoms with Gasteiger partial charge in [0.25, 0.3) is 0 Å². The predicted octanol–water partition coefficient (Wildman–Crippen LogP) is 4.99. The maximum absolute atomic E-state index is 13.1. The molecule has 5 heteroatoms. The van der Waals surface area contributed by atoms with Gasteiger partial charge in [-0.2, -0.15) is 0 Å². The van der Waals surface area contributed by atoms with Crippen LogP contribution in [0.25, 0.3) is 0 Å². The second kappa shape index (κ2) is 5.67. The molecule has 0 fully saturated rings. The number of rotatable bonds is 3. The zero-order valence-electron chi connectivity index (χ0n) is 9.18. The third-order valence-electron chi connectivity index (χ3n) is 2.34. The number of nitrogens with one attached hydrogen (secondary N) is 1. The second-order valence-corrected chi connectivity index (χ2v) is 5.05. The molecule has 2 aromatic rings. The SMILES string of the molecule is Fc1cc(Cl)cc(CNc2ccc(F)c(Br)c2)c1. The fourth-order valence-electron chi connectivity index (χ4n) is 1.52. The number of halogens is 4. The molecule has 0 unspecified atom stereocenters. The molecule has 0 aliphatic rings. The lowest BCUT2D eigenvalue weighted by Gasteiger charge is -2.08. The molecule has 0 spiro atoms. The third-order valence-corrected chi connectivity index (χ3v) is 3.16. The van der Waals surface area contributed by atoms with Crippen LogP contribution in [-0.4, -0.2) is 0 Å². The van der Waals surface area contributed by atoms with Gasteiger partial charge in [0.05, 0.1) is 4.47 Å². The molecule has 2 aromatic carbocycles. The molecule has 0 aromatic heterocycles. The van der Waals surface area contributed by atoms with Crippen LogP contribution in [0.3, 0.4) is 0 Å². The van der Waals surface area contributed by atoms with E-state index in [9.17, 15) is 8.78 Å². The highest BCUT2D eigenvalue weighted by Gasteiger charge is 2.02. The average molecular weight is 333 g/mol. The average Bonchev–Trinajstić information content (AvgIpc) is 2.29. The lowest BCUT2D eigenvalue weighted by molar-refractivity contribution is 0.621. The van der Waals surface area contributed by atoms with Crippen LogP contribution in [0.2, 0.25) is 5.02 Å². The van der Waals surface area contributed by atoms with Crippen molar-refractivity contribution in [3.63, 3.8) is 0 Å². The highest BCUT2D eigenvalue weighted by molar-refractivity contribution is 9.10. The molecule has 0 atom stereocenters. The van der Waals surface area contributed by atoms with E-state index >= 15 is 0 Å². The smallest absolute Gasteiger partial charge is 0.137 e. The Bertz CT molecular complexity index is 555. The Kier molecular flexibility index (Phi) is 4.19. The molecular weight excluding hydrogens is 324 g/mol. The van der Waals surface area contributed by atoms with Crippen molar-refractivity contribution in [2.24, 2.45) is 0 Å². The van der Waals surface area contributed by atoms with Gasteiger partial charge in [0.1, 0.15) is 11.6 Å². The Balaban J connectivity index is 2.08. The third kappa shape index (κ3) is 3.43. The van der Waals surface area contributed by atoms with Crippen molar-refractivity contribution in [2.75, 3.05) is 5.32 Å². The molecule has 0 aliphatic heterocycles. The first-order valence-electron chi connectivity index (χ1n) is 5.18. The maximum Gasteiger partial charge on any atom is 0.137 e. The summed E-state index contributed by atoms with van der Waals surface area (Å²) in [5, 5.41) is 3.42. The second-order valence-electron chi connectivity index (χ2n) is 3.76. The maximum atomic E-state index is 13.1. The van der Waals surface area contributed by atoms with Gasteiger partial charge in [-0.1, -0.05) is 11.6 Å². The Morgan fingerprint density at radius 3 is 2.56 bits per heavy atom. The lowest BCUT2D eigenvalue weighted by atomic mass is 10.2. The topological polar surface area (TPSA) is 12.0 Å². The summed E-state index contributed by atoms with van der Waals surface area (Å²) >= 11 is 8.85. The molecule has 2 rings (SSSR count). The Morgan fingerprint density at radius 2 is 1.89 bits per heavy atom. The van der Waals surface area contributed by atoms with E-state index in [1.54, 1.807) is 18.2 Å². The first-order valence-corrected chi connectivity index (χ1v) is 6.35. The van der Waals surface area contributed by atoms with Crippen molar-refractivity contribution in [3.8, 4) is 0 Å². The summed E-state index contributed by atoms with van der Waals surface area (Å²) in [5.74, 6) is -0.700. The molecule has 0 bridgehead atoms. The van der Waals surface area contributed by atoms with Crippen molar-refractivity contribution < 1.29 is 8.78 Å². The number of hydrogen-bond acceptors (Lipinski definition) is 1. The first-order chi connectivity index (χ1) is 8.54. The normalized spacial score (nSPS) is 10.4. The molecule has 0 saturated heterocycles. The minimum absolute atomic E-state index is 0.325. The van der Waals surface area contributed by atoms with Crippen LogP contribution in [0, 0.1) is 11.6 Å². The van der Waals surface area contributed by atoms with E-state index in [1.807, 2.05) is 0 Å². The van der Waals surface area contributed by atoms with Crippen LogP contribution in [0.4, 0.5) is 14.5 Å². The van der Waals surface area contributed by atoms with E-state index in [1.165, 1.54) is 18.2 Å². The van der Waals surface area contributed by atoms with Gasteiger partial charge in [-0.3, -0.25) is 0 Å². The summed E-state index contributed by atoms with van der Waals surface area (Å²) in [6, 6.07) is 8.91. The minimum Gasteiger partial charge on any atom is -0.381 e. The minimum atomic E-state index is -0.375. The molecule has 0 aliphatic carbocycles. The van der Waals surface area contributed by atoms with Crippen molar-refractivity contribution in [1.82, 2.24) is 0 Å². The molecular formula is C13H9BrClF2N. The summed E-state index contributed by atoms with van der Waals surface area (Å²) in [7, 11) is 0. The van der Waals surface area contributed by atoms with Crippen molar-refractivity contribution in [3.05, 3.63) is 63.1 Å². The van der Waals surface area contributed by atoms with Crippen LogP contribution in [0.1, 0.15) is 5.56 Å². The summed E-state index contributed by atoms with van der Waals surface area (Å²) in [6.45, 7) is 0.412. The predicted molar refractivity (Wildman–Crippen MR) is 72.8 cm³/mol. The first kappa shape index (κ1) is 13.3. The van der Waals surface area contributed by atoms with Crippen LogP contribution in [-0.2, 0) is 6.54 Å². The highest BCUT2D eigenvalue weighted by atomic mass is 79.9. The Morgan fingerprint density at radius 1 is 1.11 bits per heavy atom. The van der Waals surface area contributed by atoms with Crippen molar-refractivity contribution >= 4 is 33.2 Å². The zero-order chi connectivity index (χ0) is 13.1. The summed E-state index contributed by atoms with van der Waals surface area (Å²) < 4.78 is 26.5. The quantitative estimate of drug-likeness (QED) is 0.834. The standard InChI is InChI=1S/C13H9BrClF2N/c14-12-6-11(1-2-13(12)17)18-7-8-3-9(15)5-10(16)4-8/h1-6,18H,7H2. The van der Waals surface area contributed by atoms with E-state index in [0.29, 0.717) is 16.0 Å². The van der Waals surface area contributed by atoms with Gasteiger partial charge in [-0.25, -0.2) is 8.78 Å². The van der Waals surface area contributed by atoms with Crippen molar-refractivity contribution in [2.45, 2.75) is 6.54 Å². The summed E-state index contributed by atoms with van der Waals surface area (Å²) in [6.07, 6.45) is 0. The molecule has 94 valence electrons. The molecule has 1 nitrogen and oxygen atoms in total. The highest BCUT2D eigenvalue weighted by Crippen LogP contribution is 2.21. The Labute approximate surface area is 117 Å². The van der Waals surface area contributed by atoms with Gasteiger partial charge in [0.2, 0.25) is 0 Å². The van der Waals surface area contributed by atoms with Gasteiger partial charge in [0.15, 0.2) is 0 Å². The van der Waals surface area contributed by atoms with E-state index in [4.69, 9.17) is 11.6 Å². The zero-order valence-corrected chi connectivity index (χ0v) is 11.5. The molecule has 0 radical (unpaired) electrons. The number of benzene rings is 2. The van der Waals surface area contributed by atoms with Gasteiger partial charge >= 0.3 is 0 Å². The summed E-state index contributed by atoms with van der Waals surface area (Å²) in [5.41, 5.74) is 1.46. The van der Waals surface area contributed by atoms with Crippen LogP contribution in [0.5, 0.6) is 0 Å². The molecule has 0 heterocycles. The molecule has 1 N–H and O–H groups in total. The molecule has 0 saturated carbocycles. The van der Waals surface area contributed by atoms with Gasteiger partial charge in [-0.15, -0.1) is 0 Å². The monoisotopic (exact) mass is 331 g/mol. The summed E-state index contributed by atoms with van der Waals surface area (Å²) in [4.78, 5) is 0.